The minimum Gasteiger partial charge on any atom is -0.307 e. The number of anilines is 1. The van der Waals surface area contributed by atoms with E-state index in [1.165, 1.54) is 0 Å². The number of nitrogens with one attached hydrogen (secondary N) is 3. The van der Waals surface area contributed by atoms with Crippen LogP contribution in [-0.2, 0) is 27.1 Å². The maximum absolute atomic E-state index is 12.3. The molecule has 0 saturated heterocycles. The summed E-state index contributed by atoms with van der Waals surface area (Å²) in [5.74, 6) is 0.388. The van der Waals surface area contributed by atoms with Gasteiger partial charge in [0.2, 0.25) is 5.91 Å². The molecule has 0 aromatic heterocycles. The molecule has 1 atom stereocenters. The Kier molecular flexibility index (Phi) is 7.35. The molecular weight excluding hydrogens is 350 g/mol. The quantitative estimate of drug-likeness (QED) is 0.680. The molecule has 3 N–H and O–H groups in total. The third-order valence-electron chi connectivity index (χ3n) is 3.51. The van der Waals surface area contributed by atoms with E-state index in [9.17, 15) is 13.8 Å². The van der Waals surface area contributed by atoms with Crippen LogP contribution >= 0.6 is 0 Å². The largest absolute Gasteiger partial charge is 0.337 e. The van der Waals surface area contributed by atoms with E-state index in [1.807, 2.05) is 36.4 Å². The molecule has 2 aromatic rings. The van der Waals surface area contributed by atoms with Crippen molar-refractivity contribution >= 4 is 28.4 Å². The van der Waals surface area contributed by atoms with Gasteiger partial charge < -0.3 is 5.32 Å². The first-order valence-corrected chi connectivity index (χ1v) is 9.77. The number of rotatable bonds is 6. The average Bonchev–Trinajstić information content (AvgIpc) is 2.60. The maximum atomic E-state index is 12.3. The molecule has 0 fully saturated rings. The fraction of sp³-hybridized carbons (Fsp3) is 0.263. The van der Waals surface area contributed by atoms with Gasteiger partial charge in [0.25, 0.3) is 0 Å². The Bertz CT molecular complexity index is 779. The van der Waals surface area contributed by atoms with Gasteiger partial charge >= 0.3 is 6.03 Å². The van der Waals surface area contributed by atoms with E-state index in [2.05, 4.69) is 16.2 Å². The highest BCUT2D eigenvalue weighted by Gasteiger charge is 2.09. The number of carbonyl (C=O) groups is 2. The lowest BCUT2D eigenvalue weighted by molar-refractivity contribution is -0.124. The van der Waals surface area contributed by atoms with Gasteiger partial charge in [-0.1, -0.05) is 56.3 Å². The van der Waals surface area contributed by atoms with Crippen LogP contribution in [0.25, 0.3) is 0 Å². The van der Waals surface area contributed by atoms with Crippen molar-refractivity contribution in [3.8, 4) is 0 Å². The van der Waals surface area contributed by atoms with Crippen molar-refractivity contribution in [2.75, 3.05) is 5.32 Å². The Labute approximate surface area is 155 Å². The molecular formula is C19H23N3O3S. The Balaban J connectivity index is 1.88. The van der Waals surface area contributed by atoms with Gasteiger partial charge in [0, 0.05) is 33.9 Å². The molecule has 6 nitrogen and oxygen atoms in total. The molecule has 2 aromatic carbocycles. The van der Waals surface area contributed by atoms with Gasteiger partial charge in [-0.3, -0.25) is 14.4 Å². The van der Waals surface area contributed by atoms with Crippen LogP contribution in [0.15, 0.2) is 54.6 Å². The summed E-state index contributed by atoms with van der Waals surface area (Å²) in [5, 5.41) is 2.64. The second-order valence-corrected chi connectivity index (χ2v) is 7.59. The minimum absolute atomic E-state index is 0.224. The molecule has 138 valence electrons. The van der Waals surface area contributed by atoms with Gasteiger partial charge in [-0.05, 0) is 23.3 Å². The monoisotopic (exact) mass is 373 g/mol. The maximum Gasteiger partial charge on any atom is 0.337 e. The van der Waals surface area contributed by atoms with Crippen molar-refractivity contribution in [3.05, 3.63) is 65.7 Å². The zero-order chi connectivity index (χ0) is 18.9. The molecule has 0 bridgehead atoms. The van der Waals surface area contributed by atoms with Crippen LogP contribution in [0.1, 0.15) is 25.0 Å². The highest BCUT2D eigenvalue weighted by Crippen LogP contribution is 2.14. The number of hydrogen-bond acceptors (Lipinski definition) is 3. The van der Waals surface area contributed by atoms with Crippen molar-refractivity contribution in [3.63, 3.8) is 0 Å². The van der Waals surface area contributed by atoms with E-state index < -0.39 is 16.8 Å². The second-order valence-electron chi connectivity index (χ2n) is 6.14. The Morgan fingerprint density at radius 2 is 1.58 bits per heavy atom. The van der Waals surface area contributed by atoms with E-state index in [1.54, 1.807) is 32.0 Å². The van der Waals surface area contributed by atoms with Gasteiger partial charge in [-0.15, -0.1) is 0 Å². The van der Waals surface area contributed by atoms with Crippen LogP contribution < -0.4 is 16.2 Å². The van der Waals surface area contributed by atoms with Gasteiger partial charge in [0.1, 0.15) is 0 Å². The first kappa shape index (κ1) is 19.7. The summed E-state index contributed by atoms with van der Waals surface area (Å²) < 4.78 is 12.3. The minimum atomic E-state index is -1.04. The number of hydrogen-bond donors (Lipinski definition) is 3. The Hall–Kier alpha value is -2.67. The Morgan fingerprint density at radius 3 is 2.27 bits per heavy atom. The summed E-state index contributed by atoms with van der Waals surface area (Å²) >= 11 is 0. The predicted octanol–water partition coefficient (Wildman–Crippen LogP) is 2.94. The number of carbonyl (C=O) groups excluding carboxylic acids is 2. The third-order valence-corrected chi connectivity index (χ3v) is 4.82. The van der Waals surface area contributed by atoms with Crippen LogP contribution in [0.3, 0.4) is 0 Å². The van der Waals surface area contributed by atoms with Crippen LogP contribution in [-0.4, -0.2) is 16.1 Å². The van der Waals surface area contributed by atoms with Crippen molar-refractivity contribution in [1.82, 2.24) is 10.9 Å². The molecule has 0 heterocycles. The number of amides is 3. The summed E-state index contributed by atoms with van der Waals surface area (Å²) in [5.41, 5.74) is 7.08. The highest BCUT2D eigenvalue weighted by molar-refractivity contribution is 7.83. The summed E-state index contributed by atoms with van der Waals surface area (Å²) in [7, 11) is -1.04. The number of hydrazine groups is 1. The van der Waals surface area contributed by atoms with Crippen LogP contribution in [0.2, 0.25) is 0 Å². The topological polar surface area (TPSA) is 87.3 Å². The summed E-state index contributed by atoms with van der Waals surface area (Å²) in [6, 6.07) is 16.3. The van der Waals surface area contributed by atoms with E-state index in [0.717, 1.165) is 11.1 Å². The van der Waals surface area contributed by atoms with Crippen LogP contribution in [0, 0.1) is 5.92 Å². The lowest BCUT2D eigenvalue weighted by Gasteiger charge is -2.11. The molecule has 0 aliphatic rings. The van der Waals surface area contributed by atoms with E-state index in [4.69, 9.17) is 0 Å². The molecule has 2 rings (SSSR count). The first-order chi connectivity index (χ1) is 12.4. The van der Waals surface area contributed by atoms with Gasteiger partial charge in [0.15, 0.2) is 0 Å². The average molecular weight is 373 g/mol. The first-order valence-electron chi connectivity index (χ1n) is 8.28. The molecule has 0 radical (unpaired) electrons. The van der Waals surface area contributed by atoms with Crippen molar-refractivity contribution < 1.29 is 13.8 Å². The zero-order valence-corrected chi connectivity index (χ0v) is 15.6. The van der Waals surface area contributed by atoms with Crippen molar-refractivity contribution in [2.24, 2.45) is 5.92 Å². The highest BCUT2D eigenvalue weighted by atomic mass is 32.2. The summed E-state index contributed by atoms with van der Waals surface area (Å²) in [4.78, 5) is 23.3. The lowest BCUT2D eigenvalue weighted by atomic mass is 10.2. The lowest BCUT2D eigenvalue weighted by Crippen LogP contribution is -2.45. The third kappa shape index (κ3) is 6.68. The number of urea groups is 1. The Morgan fingerprint density at radius 1 is 0.923 bits per heavy atom. The summed E-state index contributed by atoms with van der Waals surface area (Å²) in [6.45, 7) is 3.46. The molecule has 0 spiro atoms. The zero-order valence-electron chi connectivity index (χ0n) is 14.8. The number of benzene rings is 2. The van der Waals surface area contributed by atoms with Crippen molar-refractivity contribution in [1.29, 1.82) is 0 Å². The standard InChI is InChI=1S/C19H23N3O3S/c1-14(2)18(23)21-22-19(24)20-17-10-6-9-16(11-17)13-26(25)12-15-7-4-3-5-8-15/h3-11,14H,12-13H2,1-2H3,(H,21,23)(H2,20,22,24). The fourth-order valence-corrected chi connectivity index (χ4v) is 3.38. The normalized spacial score (nSPS) is 11.7. The molecule has 26 heavy (non-hydrogen) atoms. The molecule has 0 aliphatic carbocycles. The van der Waals surface area contributed by atoms with E-state index in [-0.39, 0.29) is 11.8 Å². The van der Waals surface area contributed by atoms with Gasteiger partial charge in [0.05, 0.1) is 0 Å². The van der Waals surface area contributed by atoms with Crippen LogP contribution in [0.4, 0.5) is 10.5 Å². The SMILES string of the molecule is CC(C)C(=O)NNC(=O)Nc1cccc(CS(=O)Cc2ccccc2)c1. The molecule has 0 aliphatic heterocycles. The molecule has 1 unspecified atom stereocenters. The van der Waals surface area contributed by atoms with E-state index >= 15 is 0 Å². The van der Waals surface area contributed by atoms with Crippen molar-refractivity contribution in [2.45, 2.75) is 25.4 Å². The smallest absolute Gasteiger partial charge is 0.307 e. The fourth-order valence-electron chi connectivity index (χ4n) is 2.16. The summed E-state index contributed by atoms with van der Waals surface area (Å²) in [6.07, 6.45) is 0. The predicted molar refractivity (Wildman–Crippen MR) is 104 cm³/mol. The second kappa shape index (κ2) is 9.72. The van der Waals surface area contributed by atoms with E-state index in [0.29, 0.717) is 17.2 Å². The van der Waals surface area contributed by atoms with Gasteiger partial charge in [-0.2, -0.15) is 0 Å². The van der Waals surface area contributed by atoms with Crippen LogP contribution in [0.5, 0.6) is 0 Å². The van der Waals surface area contributed by atoms with Gasteiger partial charge in [-0.25, -0.2) is 10.2 Å². The molecule has 0 saturated carbocycles. The molecule has 7 heteroatoms. The molecule has 3 amide bonds.